The first kappa shape index (κ1) is 18.6. The molecular weight excluding hydrogens is 397 g/mol. The van der Waals surface area contributed by atoms with E-state index in [9.17, 15) is 9.18 Å². The van der Waals surface area contributed by atoms with Gasteiger partial charge < -0.3 is 14.8 Å². The molecule has 3 heterocycles. The van der Waals surface area contributed by atoms with Crippen molar-refractivity contribution >= 4 is 17.4 Å². The van der Waals surface area contributed by atoms with Gasteiger partial charge in [-0.15, -0.1) is 11.3 Å². The highest BCUT2D eigenvalue weighted by atomic mass is 32.1. The van der Waals surface area contributed by atoms with Crippen LogP contribution in [0, 0.1) is 5.82 Å². The summed E-state index contributed by atoms with van der Waals surface area (Å²) in [6, 6.07) is 22.2. The number of hydrogen-bond acceptors (Lipinski definition) is 2. The molecule has 5 rings (SSSR count). The van der Waals surface area contributed by atoms with Gasteiger partial charge in [0.2, 0.25) is 0 Å². The third-order valence-corrected chi connectivity index (χ3v) is 6.32. The van der Waals surface area contributed by atoms with Gasteiger partial charge in [-0.1, -0.05) is 36.4 Å². The number of rotatable bonds is 3. The Kier molecular flexibility index (Phi) is 4.85. The predicted octanol–water partition coefficient (Wildman–Crippen LogP) is 5.49. The number of carbonyl (C=O) groups excluding carboxylic acids is 1. The SMILES string of the molecule is O=C(NCc1ccc(F)cc1)N1Cc2ccccc2-n2cccc2[C@H]1c1cccs1. The molecule has 1 aliphatic rings. The number of benzene rings is 2. The van der Waals surface area contributed by atoms with E-state index in [4.69, 9.17) is 0 Å². The van der Waals surface area contributed by atoms with Crippen LogP contribution in [0.4, 0.5) is 9.18 Å². The molecule has 1 atom stereocenters. The number of thiophene rings is 1. The van der Waals surface area contributed by atoms with Crippen LogP contribution in [0.25, 0.3) is 5.69 Å². The first-order valence-electron chi connectivity index (χ1n) is 9.78. The monoisotopic (exact) mass is 417 g/mol. The van der Waals surface area contributed by atoms with E-state index in [1.807, 2.05) is 34.5 Å². The van der Waals surface area contributed by atoms with Crippen LogP contribution in [0.1, 0.15) is 27.7 Å². The molecule has 0 bridgehead atoms. The zero-order chi connectivity index (χ0) is 20.5. The van der Waals surface area contributed by atoms with Crippen LogP contribution in [-0.4, -0.2) is 15.5 Å². The maximum absolute atomic E-state index is 13.4. The molecule has 0 fully saturated rings. The number of nitrogens with one attached hydrogen (secondary N) is 1. The van der Waals surface area contributed by atoms with Crippen LogP contribution in [0.2, 0.25) is 0 Å². The number of halogens is 1. The van der Waals surface area contributed by atoms with E-state index < -0.39 is 0 Å². The summed E-state index contributed by atoms with van der Waals surface area (Å²) < 4.78 is 15.4. The summed E-state index contributed by atoms with van der Waals surface area (Å²) in [5, 5.41) is 5.06. The Morgan fingerprint density at radius 3 is 2.67 bits per heavy atom. The average molecular weight is 418 g/mol. The van der Waals surface area contributed by atoms with Crippen molar-refractivity contribution in [2.75, 3.05) is 0 Å². The highest BCUT2D eigenvalue weighted by Crippen LogP contribution is 2.38. The van der Waals surface area contributed by atoms with Crippen LogP contribution < -0.4 is 5.32 Å². The van der Waals surface area contributed by atoms with Crippen LogP contribution in [-0.2, 0) is 13.1 Å². The third kappa shape index (κ3) is 3.39. The summed E-state index contributed by atoms with van der Waals surface area (Å²) >= 11 is 1.64. The van der Waals surface area contributed by atoms with Crippen molar-refractivity contribution in [2.45, 2.75) is 19.1 Å². The van der Waals surface area contributed by atoms with Crippen LogP contribution in [0.3, 0.4) is 0 Å². The van der Waals surface area contributed by atoms with E-state index in [2.05, 4.69) is 40.3 Å². The van der Waals surface area contributed by atoms with E-state index >= 15 is 0 Å². The quantitative estimate of drug-likeness (QED) is 0.470. The van der Waals surface area contributed by atoms with Crippen molar-refractivity contribution in [3.05, 3.63) is 112 Å². The Balaban J connectivity index is 1.52. The average Bonchev–Trinajstić information content (AvgIpc) is 3.44. The van der Waals surface area contributed by atoms with Gasteiger partial charge in [0.05, 0.1) is 17.9 Å². The maximum Gasteiger partial charge on any atom is 0.318 e. The van der Waals surface area contributed by atoms with Gasteiger partial charge in [0.15, 0.2) is 0 Å². The van der Waals surface area contributed by atoms with Gasteiger partial charge in [0.1, 0.15) is 11.9 Å². The lowest BCUT2D eigenvalue weighted by molar-refractivity contribution is 0.181. The van der Waals surface area contributed by atoms with Crippen LogP contribution >= 0.6 is 11.3 Å². The molecule has 0 aliphatic carbocycles. The van der Waals surface area contributed by atoms with E-state index in [1.165, 1.54) is 12.1 Å². The molecule has 2 aromatic heterocycles. The number of nitrogens with zero attached hydrogens (tertiary/aromatic N) is 2. The summed E-state index contributed by atoms with van der Waals surface area (Å²) in [5.74, 6) is -0.285. The number of aromatic nitrogens is 1. The first-order valence-corrected chi connectivity index (χ1v) is 10.7. The molecule has 6 heteroatoms. The molecular formula is C24H20FN3OS. The molecule has 0 saturated heterocycles. The van der Waals surface area contributed by atoms with Gasteiger partial charge in [-0.25, -0.2) is 9.18 Å². The number of carbonyl (C=O) groups is 1. The molecule has 2 amide bonds. The number of fused-ring (bicyclic) bond motifs is 3. The number of urea groups is 1. The van der Waals surface area contributed by atoms with Crippen molar-refractivity contribution in [3.8, 4) is 5.69 Å². The molecule has 0 saturated carbocycles. The van der Waals surface area contributed by atoms with E-state index in [0.29, 0.717) is 13.1 Å². The summed E-state index contributed by atoms with van der Waals surface area (Å²) in [6.07, 6.45) is 2.05. The van der Waals surface area contributed by atoms with Gasteiger partial charge in [0.25, 0.3) is 0 Å². The fourth-order valence-electron chi connectivity index (χ4n) is 3.97. The van der Waals surface area contributed by atoms with Crippen molar-refractivity contribution in [1.82, 2.24) is 14.8 Å². The Labute approximate surface area is 178 Å². The van der Waals surface area contributed by atoms with Crippen molar-refractivity contribution < 1.29 is 9.18 Å². The predicted molar refractivity (Wildman–Crippen MR) is 116 cm³/mol. The topological polar surface area (TPSA) is 37.3 Å². The largest absolute Gasteiger partial charge is 0.334 e. The lowest BCUT2D eigenvalue weighted by Crippen LogP contribution is -2.41. The minimum atomic E-state index is -0.285. The number of para-hydroxylation sites is 1. The molecule has 0 unspecified atom stereocenters. The van der Waals surface area contributed by atoms with E-state index in [1.54, 1.807) is 23.5 Å². The smallest absolute Gasteiger partial charge is 0.318 e. The molecule has 1 aliphatic heterocycles. The lowest BCUT2D eigenvalue weighted by atomic mass is 10.1. The summed E-state index contributed by atoms with van der Waals surface area (Å²) in [6.45, 7) is 0.838. The molecule has 0 radical (unpaired) electrons. The van der Waals surface area contributed by atoms with Gasteiger partial charge >= 0.3 is 6.03 Å². The zero-order valence-corrected chi connectivity index (χ0v) is 17.0. The van der Waals surface area contributed by atoms with Crippen LogP contribution in [0.5, 0.6) is 0 Å². The molecule has 150 valence electrons. The maximum atomic E-state index is 13.4. The molecule has 4 aromatic rings. The standard InChI is InChI=1S/C24H20FN3OS/c25-19-11-9-17(10-12-19)15-26-24(29)28-16-18-5-1-2-6-20(18)27-13-3-7-21(27)23(28)22-8-4-14-30-22/h1-14,23H,15-16H2,(H,26,29)/t23-/m0/s1. The Morgan fingerprint density at radius 2 is 1.87 bits per heavy atom. The van der Waals surface area contributed by atoms with E-state index in [-0.39, 0.29) is 17.9 Å². The van der Waals surface area contributed by atoms with Crippen LogP contribution in [0.15, 0.2) is 84.4 Å². The van der Waals surface area contributed by atoms with Gasteiger partial charge in [-0.3, -0.25) is 0 Å². The van der Waals surface area contributed by atoms with Gasteiger partial charge in [0, 0.05) is 17.6 Å². The lowest BCUT2D eigenvalue weighted by Gasteiger charge is -2.30. The first-order chi connectivity index (χ1) is 14.7. The Bertz CT molecular complexity index is 1170. The normalized spacial score (nSPS) is 15.2. The molecule has 1 N–H and O–H groups in total. The number of amides is 2. The molecule has 4 nitrogen and oxygen atoms in total. The van der Waals surface area contributed by atoms with Crippen molar-refractivity contribution in [1.29, 1.82) is 0 Å². The summed E-state index contributed by atoms with van der Waals surface area (Å²) in [7, 11) is 0. The summed E-state index contributed by atoms with van der Waals surface area (Å²) in [4.78, 5) is 16.4. The molecule has 0 spiro atoms. The fraction of sp³-hybridized carbons (Fsp3) is 0.125. The number of hydrogen-bond donors (Lipinski definition) is 1. The zero-order valence-electron chi connectivity index (χ0n) is 16.2. The van der Waals surface area contributed by atoms with Crippen molar-refractivity contribution in [3.63, 3.8) is 0 Å². The van der Waals surface area contributed by atoms with Crippen molar-refractivity contribution in [2.24, 2.45) is 0 Å². The minimum absolute atomic E-state index is 0.151. The Hall–Kier alpha value is -3.38. The summed E-state index contributed by atoms with van der Waals surface area (Å²) in [5.41, 5.74) is 4.09. The molecule has 30 heavy (non-hydrogen) atoms. The second-order valence-electron chi connectivity index (χ2n) is 7.26. The highest BCUT2D eigenvalue weighted by Gasteiger charge is 2.33. The Morgan fingerprint density at radius 1 is 1.03 bits per heavy atom. The van der Waals surface area contributed by atoms with E-state index in [0.717, 1.165) is 27.4 Å². The van der Waals surface area contributed by atoms with Gasteiger partial charge in [-0.05, 0) is 52.9 Å². The minimum Gasteiger partial charge on any atom is -0.334 e. The highest BCUT2D eigenvalue weighted by molar-refractivity contribution is 7.10. The second kappa shape index (κ2) is 7.80. The van der Waals surface area contributed by atoms with Gasteiger partial charge in [-0.2, -0.15) is 0 Å². The fourth-order valence-corrected chi connectivity index (χ4v) is 4.82. The second-order valence-corrected chi connectivity index (χ2v) is 8.24. The molecule has 2 aromatic carbocycles. The third-order valence-electron chi connectivity index (χ3n) is 5.39.